The summed E-state index contributed by atoms with van der Waals surface area (Å²) in [7, 11) is -3.12. The molecule has 2 aliphatic rings. The van der Waals surface area contributed by atoms with Crippen molar-refractivity contribution >= 4 is 44.3 Å². The Morgan fingerprint density at radius 3 is 2.62 bits per heavy atom. The molecule has 2 atom stereocenters. The number of amidine groups is 1. The first-order valence-electron chi connectivity index (χ1n) is 9.04. The van der Waals surface area contributed by atoms with E-state index >= 15 is 0 Å². The number of carbonyl (C=O) groups is 1. The van der Waals surface area contributed by atoms with Gasteiger partial charge >= 0.3 is 0 Å². The highest BCUT2D eigenvalue weighted by molar-refractivity contribution is 8.15. The van der Waals surface area contributed by atoms with Crippen molar-refractivity contribution in [2.45, 2.75) is 24.3 Å². The fourth-order valence-electron chi connectivity index (χ4n) is 3.55. The highest BCUT2D eigenvalue weighted by Crippen LogP contribution is 2.39. The lowest BCUT2D eigenvalue weighted by atomic mass is 10.1. The number of carbonyl (C=O) groups excluding carboxylic acids is 1. The van der Waals surface area contributed by atoms with E-state index in [-0.39, 0.29) is 40.9 Å². The highest BCUT2D eigenvalue weighted by atomic mass is 35.5. The molecule has 0 N–H and O–H groups in total. The third-order valence-corrected chi connectivity index (χ3v) is 8.58. The van der Waals surface area contributed by atoms with E-state index in [4.69, 9.17) is 11.6 Å². The molecule has 9 heteroatoms. The number of hydrogen-bond acceptors (Lipinski definition) is 4. The topological polar surface area (TPSA) is 66.8 Å². The number of nitrogens with zero attached hydrogens (tertiary/aromatic N) is 2. The van der Waals surface area contributed by atoms with Gasteiger partial charge in [0.2, 0.25) is 0 Å². The van der Waals surface area contributed by atoms with Gasteiger partial charge in [-0.3, -0.25) is 4.79 Å². The van der Waals surface area contributed by atoms with Gasteiger partial charge in [0, 0.05) is 16.8 Å². The van der Waals surface area contributed by atoms with Gasteiger partial charge in [-0.15, -0.1) is 0 Å². The lowest BCUT2D eigenvalue weighted by Gasteiger charge is -2.25. The van der Waals surface area contributed by atoms with E-state index < -0.39 is 9.84 Å². The van der Waals surface area contributed by atoms with E-state index in [0.29, 0.717) is 22.3 Å². The Balaban J connectivity index is 1.58. The molecular weight excluding hydrogens is 435 g/mol. The highest BCUT2D eigenvalue weighted by Gasteiger charge is 2.48. The second-order valence-corrected chi connectivity index (χ2v) is 10.9. The number of benzene rings is 2. The van der Waals surface area contributed by atoms with E-state index in [1.54, 1.807) is 18.2 Å². The predicted octanol–water partition coefficient (Wildman–Crippen LogP) is 3.32. The van der Waals surface area contributed by atoms with Gasteiger partial charge in [0.1, 0.15) is 5.82 Å². The molecule has 152 valence electrons. The molecule has 0 radical (unpaired) electrons. The second kappa shape index (κ2) is 8.08. The van der Waals surface area contributed by atoms with Gasteiger partial charge in [-0.25, -0.2) is 12.8 Å². The molecule has 5 nitrogen and oxygen atoms in total. The van der Waals surface area contributed by atoms with Crippen LogP contribution in [0.15, 0.2) is 53.5 Å². The number of fused-ring (bicyclic) bond motifs is 1. The fourth-order valence-corrected chi connectivity index (χ4v) is 7.72. The van der Waals surface area contributed by atoms with Crippen LogP contribution in [0.4, 0.5) is 4.39 Å². The molecule has 0 unspecified atom stereocenters. The monoisotopic (exact) mass is 452 g/mol. The second-order valence-electron chi connectivity index (χ2n) is 7.11. The van der Waals surface area contributed by atoms with Crippen LogP contribution in [0.5, 0.6) is 0 Å². The van der Waals surface area contributed by atoms with Gasteiger partial charge in [0.05, 0.1) is 24.0 Å². The number of hydrogen-bond donors (Lipinski definition) is 0. The summed E-state index contributed by atoms with van der Waals surface area (Å²) in [4.78, 5) is 18.6. The summed E-state index contributed by atoms with van der Waals surface area (Å²) in [5, 5.41) is 0.945. The van der Waals surface area contributed by atoms with E-state index in [1.165, 1.54) is 23.9 Å². The number of halogens is 2. The van der Waals surface area contributed by atoms with Crippen molar-refractivity contribution in [1.82, 2.24) is 4.90 Å². The minimum atomic E-state index is -3.12. The summed E-state index contributed by atoms with van der Waals surface area (Å²) >= 11 is 7.62. The Bertz CT molecular complexity index is 1070. The largest absolute Gasteiger partial charge is 0.342 e. The van der Waals surface area contributed by atoms with E-state index in [1.807, 2.05) is 23.1 Å². The molecular formula is C20H18ClFN2O3S2. The van der Waals surface area contributed by atoms with Crippen molar-refractivity contribution in [2.75, 3.05) is 11.5 Å². The molecule has 2 aromatic rings. The van der Waals surface area contributed by atoms with E-state index in [0.717, 1.165) is 5.56 Å². The van der Waals surface area contributed by atoms with Crippen molar-refractivity contribution in [3.63, 3.8) is 0 Å². The summed E-state index contributed by atoms with van der Waals surface area (Å²) in [5.41, 5.74) is 1.52. The van der Waals surface area contributed by atoms with Gasteiger partial charge in [-0.1, -0.05) is 53.7 Å². The quantitative estimate of drug-likeness (QED) is 0.712. The zero-order chi connectivity index (χ0) is 20.6. The predicted molar refractivity (Wildman–Crippen MR) is 113 cm³/mol. The van der Waals surface area contributed by atoms with Crippen LogP contribution in [0.2, 0.25) is 5.02 Å². The van der Waals surface area contributed by atoms with Gasteiger partial charge in [0.15, 0.2) is 15.0 Å². The molecule has 0 saturated carbocycles. The van der Waals surface area contributed by atoms with Gasteiger partial charge < -0.3 is 4.90 Å². The third-order valence-electron chi connectivity index (χ3n) is 4.96. The zero-order valence-corrected chi connectivity index (χ0v) is 17.7. The van der Waals surface area contributed by atoms with Gasteiger partial charge in [0.25, 0.3) is 5.91 Å². The average Bonchev–Trinajstić information content (AvgIpc) is 3.11. The van der Waals surface area contributed by atoms with Crippen LogP contribution in [-0.4, -0.2) is 47.2 Å². The van der Waals surface area contributed by atoms with Crippen LogP contribution in [0.25, 0.3) is 0 Å². The first-order valence-corrected chi connectivity index (χ1v) is 12.1. The summed E-state index contributed by atoms with van der Waals surface area (Å²) in [6.45, 7) is 0.381. The number of thioether (sulfide) groups is 1. The van der Waals surface area contributed by atoms with Crippen molar-refractivity contribution in [1.29, 1.82) is 0 Å². The zero-order valence-electron chi connectivity index (χ0n) is 15.3. The first-order chi connectivity index (χ1) is 13.8. The molecule has 2 aromatic carbocycles. The first kappa shape index (κ1) is 20.4. The molecule has 2 fully saturated rings. The third kappa shape index (κ3) is 4.65. The minimum absolute atomic E-state index is 0.0420. The Kier molecular flexibility index (Phi) is 5.68. The van der Waals surface area contributed by atoms with Crippen LogP contribution in [0.1, 0.15) is 11.1 Å². The fraction of sp³-hybridized carbons (Fsp3) is 0.300. The molecule has 2 heterocycles. The maximum absolute atomic E-state index is 13.1. The number of rotatable bonds is 4. The standard InChI is InChI=1S/C20H18ClFN2O3S2/c21-16-4-2-1-3-14(16)10-24-17-11-29(26,27)12-18(17)28-20(24)23-19(25)9-13-5-7-15(22)8-6-13/h1-8,17-18H,9-12H2/t17-,18-/m0/s1. The molecule has 2 saturated heterocycles. The normalized spacial score (nSPS) is 24.1. The van der Waals surface area contributed by atoms with Crippen LogP contribution >= 0.6 is 23.4 Å². The molecule has 1 amide bonds. The Morgan fingerprint density at radius 2 is 1.90 bits per heavy atom. The molecule has 0 aromatic heterocycles. The van der Waals surface area contributed by atoms with Crippen molar-refractivity contribution in [3.8, 4) is 0 Å². The lowest BCUT2D eigenvalue weighted by molar-refractivity contribution is -0.117. The molecule has 29 heavy (non-hydrogen) atoms. The Morgan fingerprint density at radius 1 is 1.17 bits per heavy atom. The Labute approximate surface area is 177 Å². The van der Waals surface area contributed by atoms with Gasteiger partial charge in [-0.05, 0) is 29.3 Å². The van der Waals surface area contributed by atoms with Crippen LogP contribution in [-0.2, 0) is 27.6 Å². The number of aliphatic imine (C=N–C) groups is 1. The smallest absolute Gasteiger partial charge is 0.252 e. The SMILES string of the molecule is O=C(Cc1ccc(F)cc1)N=C1S[C@H]2CS(=O)(=O)C[C@@H]2N1Cc1ccccc1Cl. The van der Waals surface area contributed by atoms with Crippen LogP contribution < -0.4 is 0 Å². The molecule has 0 aliphatic carbocycles. The maximum atomic E-state index is 13.1. The molecule has 2 aliphatic heterocycles. The number of amides is 1. The molecule has 4 rings (SSSR count). The van der Waals surface area contributed by atoms with E-state index in [9.17, 15) is 17.6 Å². The van der Waals surface area contributed by atoms with Crippen molar-refractivity contribution < 1.29 is 17.6 Å². The van der Waals surface area contributed by atoms with Crippen LogP contribution in [0.3, 0.4) is 0 Å². The number of sulfone groups is 1. The average molecular weight is 453 g/mol. The maximum Gasteiger partial charge on any atom is 0.252 e. The lowest BCUT2D eigenvalue weighted by Crippen LogP contribution is -2.37. The summed E-state index contributed by atoms with van der Waals surface area (Å²) in [6, 6.07) is 12.8. The van der Waals surface area contributed by atoms with Crippen molar-refractivity contribution in [2.24, 2.45) is 4.99 Å². The minimum Gasteiger partial charge on any atom is -0.342 e. The molecule has 0 spiro atoms. The Hall–Kier alpha value is -1.90. The summed E-state index contributed by atoms with van der Waals surface area (Å²) in [6.07, 6.45) is 0.0535. The van der Waals surface area contributed by atoms with Crippen molar-refractivity contribution in [3.05, 3.63) is 70.5 Å². The van der Waals surface area contributed by atoms with Crippen LogP contribution in [0, 0.1) is 5.82 Å². The summed E-state index contributed by atoms with van der Waals surface area (Å²) < 4.78 is 37.3. The molecule has 0 bridgehead atoms. The van der Waals surface area contributed by atoms with E-state index in [2.05, 4.69) is 4.99 Å². The summed E-state index contributed by atoms with van der Waals surface area (Å²) in [5.74, 6) is -0.600. The van der Waals surface area contributed by atoms with Gasteiger partial charge in [-0.2, -0.15) is 4.99 Å².